The van der Waals surface area contributed by atoms with E-state index < -0.39 is 12.0 Å². The molecule has 1 saturated heterocycles. The third kappa shape index (κ3) is 4.01. The number of fused-ring (bicyclic) bond motifs is 1. The van der Waals surface area contributed by atoms with Gasteiger partial charge in [-0.3, -0.25) is 4.79 Å². The lowest BCUT2D eigenvalue weighted by Gasteiger charge is -2.36. The summed E-state index contributed by atoms with van der Waals surface area (Å²) in [5.74, 6) is -0.308. The first-order valence-corrected chi connectivity index (χ1v) is 11.3. The van der Waals surface area contributed by atoms with E-state index in [1.165, 1.54) is 25.3 Å². The maximum absolute atomic E-state index is 12.9. The van der Waals surface area contributed by atoms with Crippen molar-refractivity contribution < 1.29 is 14.3 Å². The SMILES string of the molecule is COC(=O)C1=C(C)N=C2SC=C(CC(=O)N3CCCCC3)N2[C@@H]1c1ccc(Cl)cc1. The molecule has 0 N–H and O–H groups in total. The standard InChI is InChI=1S/C22H24ClN3O3S/c1-14-19(21(28)29-2)20(15-6-8-16(23)9-7-15)26-17(13-30-22(26)24-14)12-18(27)25-10-4-3-5-11-25/h6-9,13,20H,3-5,10-12H2,1-2H3/t20-/m1/s1. The van der Waals surface area contributed by atoms with Crippen LogP contribution in [-0.2, 0) is 14.3 Å². The minimum absolute atomic E-state index is 0.114. The predicted molar refractivity (Wildman–Crippen MR) is 119 cm³/mol. The van der Waals surface area contributed by atoms with Gasteiger partial charge >= 0.3 is 5.97 Å². The smallest absolute Gasteiger partial charge is 0.338 e. The average molecular weight is 446 g/mol. The highest BCUT2D eigenvalue weighted by molar-refractivity contribution is 8.16. The molecule has 30 heavy (non-hydrogen) atoms. The Bertz CT molecular complexity index is 949. The highest BCUT2D eigenvalue weighted by Crippen LogP contribution is 2.45. The number of amidine groups is 1. The van der Waals surface area contributed by atoms with Gasteiger partial charge in [0.05, 0.1) is 30.8 Å². The summed E-state index contributed by atoms with van der Waals surface area (Å²) in [4.78, 5) is 34.2. The molecule has 4 rings (SSSR count). The van der Waals surface area contributed by atoms with Crippen molar-refractivity contribution in [1.82, 2.24) is 9.80 Å². The number of piperidine rings is 1. The van der Waals surface area contributed by atoms with Crippen LogP contribution < -0.4 is 0 Å². The number of amides is 1. The van der Waals surface area contributed by atoms with Crippen LogP contribution in [0.5, 0.6) is 0 Å². The first kappa shape index (κ1) is 21.0. The second-order valence-corrected chi connectivity index (χ2v) is 8.83. The number of ether oxygens (including phenoxy) is 1. The summed E-state index contributed by atoms with van der Waals surface area (Å²) >= 11 is 7.57. The lowest BCUT2D eigenvalue weighted by molar-refractivity contribution is -0.136. The molecule has 3 aliphatic heterocycles. The molecule has 1 amide bonds. The van der Waals surface area contributed by atoms with Gasteiger partial charge in [-0.25, -0.2) is 9.79 Å². The number of rotatable bonds is 4. The van der Waals surface area contributed by atoms with Crippen LogP contribution in [-0.4, -0.2) is 47.0 Å². The Morgan fingerprint density at radius 2 is 1.90 bits per heavy atom. The molecule has 0 aliphatic carbocycles. The van der Waals surface area contributed by atoms with Gasteiger partial charge in [0, 0.05) is 23.8 Å². The number of hydrogen-bond donors (Lipinski definition) is 0. The van der Waals surface area contributed by atoms with Crippen LogP contribution >= 0.6 is 23.4 Å². The van der Waals surface area contributed by atoms with Crippen molar-refractivity contribution in [3.05, 3.63) is 57.2 Å². The van der Waals surface area contributed by atoms with Crippen molar-refractivity contribution in [2.24, 2.45) is 4.99 Å². The lowest BCUT2D eigenvalue weighted by atomic mass is 9.94. The number of esters is 1. The Labute approximate surface area is 185 Å². The lowest BCUT2D eigenvalue weighted by Crippen LogP contribution is -2.40. The van der Waals surface area contributed by atoms with E-state index in [1.54, 1.807) is 12.1 Å². The third-order valence-electron chi connectivity index (χ3n) is 5.63. The number of likely N-dealkylation sites (tertiary alicyclic amines) is 1. The quantitative estimate of drug-likeness (QED) is 0.639. The Kier molecular flexibility index (Phi) is 6.20. The molecule has 1 aromatic rings. The monoisotopic (exact) mass is 445 g/mol. The average Bonchev–Trinajstić information content (AvgIpc) is 3.15. The van der Waals surface area contributed by atoms with Crippen molar-refractivity contribution in [2.45, 2.75) is 38.6 Å². The number of aliphatic imine (C=N–C) groups is 1. The number of carbonyl (C=O) groups excluding carboxylic acids is 2. The minimum atomic E-state index is -0.422. The van der Waals surface area contributed by atoms with Crippen LogP contribution in [0.4, 0.5) is 0 Å². The predicted octanol–water partition coefficient (Wildman–Crippen LogP) is 4.49. The van der Waals surface area contributed by atoms with E-state index in [-0.39, 0.29) is 12.3 Å². The Morgan fingerprint density at radius 3 is 2.57 bits per heavy atom. The number of halogens is 1. The topological polar surface area (TPSA) is 62.2 Å². The Hall–Kier alpha value is -2.25. The number of thioether (sulfide) groups is 1. The van der Waals surface area contributed by atoms with Crippen molar-refractivity contribution in [3.63, 3.8) is 0 Å². The molecule has 158 valence electrons. The highest BCUT2D eigenvalue weighted by atomic mass is 35.5. The molecule has 1 atom stereocenters. The fourth-order valence-electron chi connectivity index (χ4n) is 4.11. The maximum atomic E-state index is 12.9. The van der Waals surface area contributed by atoms with Crippen molar-refractivity contribution in [2.75, 3.05) is 20.2 Å². The van der Waals surface area contributed by atoms with Gasteiger partial charge in [-0.2, -0.15) is 0 Å². The number of nitrogens with zero attached hydrogens (tertiary/aromatic N) is 3. The van der Waals surface area contributed by atoms with E-state index in [0.717, 1.165) is 42.4 Å². The number of allylic oxidation sites excluding steroid dienone is 1. The van der Waals surface area contributed by atoms with Crippen LogP contribution in [0.3, 0.4) is 0 Å². The maximum Gasteiger partial charge on any atom is 0.338 e. The largest absolute Gasteiger partial charge is 0.466 e. The van der Waals surface area contributed by atoms with Gasteiger partial charge in [0.2, 0.25) is 5.91 Å². The molecule has 0 saturated carbocycles. The number of hydrogen-bond acceptors (Lipinski definition) is 6. The third-order valence-corrected chi connectivity index (χ3v) is 6.77. The molecule has 8 heteroatoms. The van der Waals surface area contributed by atoms with Gasteiger partial charge < -0.3 is 14.5 Å². The van der Waals surface area contributed by atoms with Crippen LogP contribution in [0.25, 0.3) is 0 Å². The molecule has 0 radical (unpaired) electrons. The van der Waals surface area contributed by atoms with Crippen LogP contribution in [0, 0.1) is 0 Å². The zero-order valence-corrected chi connectivity index (χ0v) is 18.6. The molecule has 1 fully saturated rings. The molecular weight excluding hydrogens is 422 g/mol. The number of methoxy groups -OCH3 is 1. The zero-order valence-electron chi connectivity index (χ0n) is 17.1. The Balaban J connectivity index is 1.68. The molecule has 6 nitrogen and oxygen atoms in total. The fourth-order valence-corrected chi connectivity index (χ4v) is 5.20. The van der Waals surface area contributed by atoms with E-state index >= 15 is 0 Å². The number of benzene rings is 1. The summed E-state index contributed by atoms with van der Waals surface area (Å²) in [6.45, 7) is 3.44. The van der Waals surface area contributed by atoms with E-state index in [2.05, 4.69) is 4.99 Å². The molecule has 0 unspecified atom stereocenters. The first-order valence-electron chi connectivity index (χ1n) is 10.1. The summed E-state index contributed by atoms with van der Waals surface area (Å²) in [7, 11) is 1.37. The molecular formula is C22H24ClN3O3S. The van der Waals surface area contributed by atoms with E-state index in [9.17, 15) is 9.59 Å². The minimum Gasteiger partial charge on any atom is -0.466 e. The van der Waals surface area contributed by atoms with E-state index in [0.29, 0.717) is 16.3 Å². The van der Waals surface area contributed by atoms with E-state index in [1.807, 2.05) is 34.3 Å². The van der Waals surface area contributed by atoms with Gasteiger partial charge in [0.25, 0.3) is 0 Å². The van der Waals surface area contributed by atoms with Gasteiger partial charge in [0.15, 0.2) is 5.17 Å². The van der Waals surface area contributed by atoms with Gasteiger partial charge in [-0.05, 0) is 49.3 Å². The molecule has 0 spiro atoms. The molecule has 3 aliphatic rings. The van der Waals surface area contributed by atoms with Crippen LogP contribution in [0.15, 0.2) is 51.6 Å². The van der Waals surface area contributed by atoms with E-state index in [4.69, 9.17) is 16.3 Å². The summed E-state index contributed by atoms with van der Waals surface area (Å²) in [5.41, 5.74) is 2.84. The van der Waals surface area contributed by atoms with Crippen molar-refractivity contribution in [1.29, 1.82) is 0 Å². The highest BCUT2D eigenvalue weighted by Gasteiger charge is 2.41. The van der Waals surface area contributed by atoms with Gasteiger partial charge in [-0.15, -0.1) is 0 Å². The van der Waals surface area contributed by atoms with Crippen molar-refractivity contribution in [3.8, 4) is 0 Å². The second kappa shape index (κ2) is 8.86. The summed E-state index contributed by atoms with van der Waals surface area (Å²) in [6, 6.07) is 6.99. The Morgan fingerprint density at radius 1 is 1.20 bits per heavy atom. The fraction of sp³-hybridized carbons (Fsp3) is 0.409. The summed E-state index contributed by atoms with van der Waals surface area (Å²) in [6.07, 6.45) is 3.57. The summed E-state index contributed by atoms with van der Waals surface area (Å²) in [5, 5.41) is 3.36. The molecule has 1 aromatic carbocycles. The van der Waals surface area contributed by atoms with Crippen LogP contribution in [0.1, 0.15) is 44.2 Å². The molecule has 0 bridgehead atoms. The zero-order chi connectivity index (χ0) is 21.3. The first-order chi connectivity index (χ1) is 14.5. The number of carbonyl (C=O) groups is 2. The summed E-state index contributed by atoms with van der Waals surface area (Å²) < 4.78 is 5.08. The molecule has 3 heterocycles. The van der Waals surface area contributed by atoms with Crippen LogP contribution in [0.2, 0.25) is 5.02 Å². The van der Waals surface area contributed by atoms with Crippen molar-refractivity contribution >= 4 is 40.4 Å². The second-order valence-electron chi connectivity index (χ2n) is 7.55. The normalized spacial score (nSPS) is 21.2. The molecule has 0 aromatic heterocycles. The van der Waals surface area contributed by atoms with Gasteiger partial charge in [0.1, 0.15) is 0 Å². The van der Waals surface area contributed by atoms with Gasteiger partial charge in [-0.1, -0.05) is 35.5 Å².